The SMILES string of the molecule is CC1CC(C)C(C)N(CCNCc2cc(Br)cs2)C1. The molecule has 3 atom stereocenters. The molecule has 2 nitrogen and oxygen atoms in total. The van der Waals surface area contributed by atoms with Crippen molar-refractivity contribution in [2.24, 2.45) is 11.8 Å². The van der Waals surface area contributed by atoms with Gasteiger partial charge in [0.25, 0.3) is 0 Å². The molecule has 0 aromatic carbocycles. The second-order valence-electron chi connectivity index (χ2n) is 5.96. The van der Waals surface area contributed by atoms with Gasteiger partial charge in [0, 0.05) is 47.0 Å². The molecular formula is C15H25BrN2S. The first-order valence-electron chi connectivity index (χ1n) is 7.24. The number of halogens is 1. The molecule has 1 aliphatic rings. The third-order valence-electron chi connectivity index (χ3n) is 4.22. The van der Waals surface area contributed by atoms with Crippen LogP contribution in [0.15, 0.2) is 15.9 Å². The average molecular weight is 345 g/mol. The fourth-order valence-corrected chi connectivity index (χ4v) is 4.43. The lowest BCUT2D eigenvalue weighted by Gasteiger charge is -2.41. The maximum Gasteiger partial charge on any atom is 0.0300 e. The van der Waals surface area contributed by atoms with Gasteiger partial charge in [-0.15, -0.1) is 11.3 Å². The largest absolute Gasteiger partial charge is 0.311 e. The first-order valence-corrected chi connectivity index (χ1v) is 8.91. The summed E-state index contributed by atoms with van der Waals surface area (Å²) < 4.78 is 1.20. The standard InChI is InChI=1S/C15H25BrN2S/c1-11-6-12(2)13(3)18(9-11)5-4-17-8-15-7-14(16)10-19-15/h7,10-13,17H,4-6,8-9H2,1-3H3. The van der Waals surface area contributed by atoms with Crippen LogP contribution in [0.4, 0.5) is 0 Å². The molecule has 0 amide bonds. The number of nitrogens with zero attached hydrogens (tertiary/aromatic N) is 1. The monoisotopic (exact) mass is 344 g/mol. The number of likely N-dealkylation sites (tertiary alicyclic amines) is 1. The predicted molar refractivity (Wildman–Crippen MR) is 87.7 cm³/mol. The van der Waals surface area contributed by atoms with E-state index in [-0.39, 0.29) is 0 Å². The molecule has 0 saturated carbocycles. The van der Waals surface area contributed by atoms with Gasteiger partial charge in [-0.25, -0.2) is 0 Å². The van der Waals surface area contributed by atoms with Crippen LogP contribution in [0.25, 0.3) is 0 Å². The lowest BCUT2D eigenvalue weighted by molar-refractivity contribution is 0.0807. The van der Waals surface area contributed by atoms with Gasteiger partial charge in [-0.1, -0.05) is 13.8 Å². The lowest BCUT2D eigenvalue weighted by atomic mass is 9.86. The molecule has 1 saturated heterocycles. The number of piperidine rings is 1. The highest BCUT2D eigenvalue weighted by atomic mass is 79.9. The molecule has 0 spiro atoms. The average Bonchev–Trinajstić information content (AvgIpc) is 2.76. The van der Waals surface area contributed by atoms with Crippen molar-refractivity contribution in [1.82, 2.24) is 10.2 Å². The van der Waals surface area contributed by atoms with Crippen molar-refractivity contribution in [3.8, 4) is 0 Å². The Morgan fingerprint density at radius 2 is 2.21 bits per heavy atom. The summed E-state index contributed by atoms with van der Waals surface area (Å²) in [6, 6.07) is 2.93. The van der Waals surface area contributed by atoms with Gasteiger partial charge in [0.05, 0.1) is 0 Å². The molecule has 19 heavy (non-hydrogen) atoms. The van der Waals surface area contributed by atoms with E-state index < -0.39 is 0 Å². The summed E-state index contributed by atoms with van der Waals surface area (Å²) in [4.78, 5) is 4.05. The van der Waals surface area contributed by atoms with Gasteiger partial charge in [0.1, 0.15) is 0 Å². The summed E-state index contributed by atoms with van der Waals surface area (Å²) in [5, 5.41) is 5.71. The van der Waals surface area contributed by atoms with Crippen LogP contribution in [0.1, 0.15) is 32.1 Å². The minimum atomic E-state index is 0.730. The Hall–Kier alpha value is 0.1000. The first kappa shape index (κ1) is 15.5. The summed E-state index contributed by atoms with van der Waals surface area (Å²) in [6.45, 7) is 11.7. The quantitative estimate of drug-likeness (QED) is 0.813. The Labute approximate surface area is 129 Å². The number of rotatable bonds is 5. The second-order valence-corrected chi connectivity index (χ2v) is 7.87. The van der Waals surface area contributed by atoms with Crippen LogP contribution < -0.4 is 5.32 Å². The minimum absolute atomic E-state index is 0.730. The highest BCUT2D eigenvalue weighted by Crippen LogP contribution is 2.26. The second kappa shape index (κ2) is 7.21. The number of hydrogen-bond acceptors (Lipinski definition) is 3. The topological polar surface area (TPSA) is 15.3 Å². The Bertz CT molecular complexity index is 393. The molecule has 4 heteroatoms. The summed E-state index contributed by atoms with van der Waals surface area (Å²) >= 11 is 5.31. The molecule has 2 heterocycles. The smallest absolute Gasteiger partial charge is 0.0300 e. The molecule has 1 aromatic rings. The van der Waals surface area contributed by atoms with E-state index in [9.17, 15) is 0 Å². The van der Waals surface area contributed by atoms with E-state index in [0.717, 1.165) is 31.0 Å². The molecule has 3 unspecified atom stereocenters. The van der Waals surface area contributed by atoms with E-state index in [4.69, 9.17) is 0 Å². The van der Waals surface area contributed by atoms with Gasteiger partial charge in [-0.05, 0) is 47.2 Å². The van der Waals surface area contributed by atoms with Gasteiger partial charge in [-0.2, -0.15) is 0 Å². The minimum Gasteiger partial charge on any atom is -0.311 e. The first-order chi connectivity index (χ1) is 9.06. The van der Waals surface area contributed by atoms with E-state index in [1.807, 2.05) is 11.3 Å². The molecule has 1 aromatic heterocycles. The van der Waals surface area contributed by atoms with E-state index >= 15 is 0 Å². The normalized spacial score (nSPS) is 28.7. The Morgan fingerprint density at radius 3 is 2.89 bits per heavy atom. The third-order valence-corrected chi connectivity index (χ3v) is 5.91. The lowest BCUT2D eigenvalue weighted by Crippen LogP contribution is -2.47. The molecule has 1 aliphatic heterocycles. The van der Waals surface area contributed by atoms with Gasteiger partial charge in [-0.3, -0.25) is 4.90 Å². The summed E-state index contributed by atoms with van der Waals surface area (Å²) in [6.07, 6.45) is 1.38. The summed E-state index contributed by atoms with van der Waals surface area (Å²) in [7, 11) is 0. The Balaban J connectivity index is 1.70. The van der Waals surface area contributed by atoms with Gasteiger partial charge in [0.2, 0.25) is 0 Å². The van der Waals surface area contributed by atoms with Gasteiger partial charge >= 0.3 is 0 Å². The fraction of sp³-hybridized carbons (Fsp3) is 0.733. The van der Waals surface area contributed by atoms with Crippen LogP contribution >= 0.6 is 27.3 Å². The van der Waals surface area contributed by atoms with Crippen molar-refractivity contribution >= 4 is 27.3 Å². The number of thiophene rings is 1. The molecule has 0 aliphatic carbocycles. The predicted octanol–water partition coefficient (Wildman–Crippen LogP) is 3.97. The van der Waals surface area contributed by atoms with E-state index in [1.54, 1.807) is 0 Å². The number of nitrogens with one attached hydrogen (secondary N) is 1. The van der Waals surface area contributed by atoms with Crippen LogP contribution in [0, 0.1) is 11.8 Å². The van der Waals surface area contributed by atoms with Crippen LogP contribution in [0.3, 0.4) is 0 Å². The molecule has 0 radical (unpaired) electrons. The zero-order valence-corrected chi connectivity index (χ0v) is 14.6. The molecule has 2 rings (SSSR count). The van der Waals surface area contributed by atoms with Crippen LogP contribution in [-0.2, 0) is 6.54 Å². The summed E-state index contributed by atoms with van der Waals surface area (Å²) in [5.41, 5.74) is 0. The van der Waals surface area contributed by atoms with Crippen molar-refractivity contribution in [3.05, 3.63) is 20.8 Å². The maximum atomic E-state index is 3.56. The van der Waals surface area contributed by atoms with E-state index in [0.29, 0.717) is 0 Å². The van der Waals surface area contributed by atoms with Crippen molar-refractivity contribution in [1.29, 1.82) is 0 Å². The van der Waals surface area contributed by atoms with Crippen LogP contribution in [-0.4, -0.2) is 30.6 Å². The molecule has 0 bridgehead atoms. The van der Waals surface area contributed by atoms with Gasteiger partial charge in [0.15, 0.2) is 0 Å². The van der Waals surface area contributed by atoms with Crippen LogP contribution in [0.5, 0.6) is 0 Å². The van der Waals surface area contributed by atoms with Crippen LogP contribution in [0.2, 0.25) is 0 Å². The zero-order chi connectivity index (χ0) is 13.8. The fourth-order valence-electron chi connectivity index (χ4n) is 3.01. The Kier molecular flexibility index (Phi) is 5.87. The molecule has 1 fully saturated rings. The van der Waals surface area contributed by atoms with E-state index in [1.165, 1.54) is 28.9 Å². The summed E-state index contributed by atoms with van der Waals surface area (Å²) in [5.74, 6) is 1.68. The molecule has 1 N–H and O–H groups in total. The van der Waals surface area contributed by atoms with E-state index in [2.05, 4.69) is 58.4 Å². The van der Waals surface area contributed by atoms with Gasteiger partial charge < -0.3 is 5.32 Å². The van der Waals surface area contributed by atoms with Crippen molar-refractivity contribution in [2.75, 3.05) is 19.6 Å². The molecular weight excluding hydrogens is 320 g/mol. The van der Waals surface area contributed by atoms with Crippen molar-refractivity contribution in [2.45, 2.75) is 39.8 Å². The highest BCUT2D eigenvalue weighted by molar-refractivity contribution is 9.10. The Morgan fingerprint density at radius 1 is 1.42 bits per heavy atom. The van der Waals surface area contributed by atoms with Crippen molar-refractivity contribution in [3.63, 3.8) is 0 Å². The molecule has 108 valence electrons. The highest BCUT2D eigenvalue weighted by Gasteiger charge is 2.27. The van der Waals surface area contributed by atoms with Crippen molar-refractivity contribution < 1.29 is 0 Å². The number of hydrogen-bond donors (Lipinski definition) is 1. The third kappa shape index (κ3) is 4.55. The zero-order valence-electron chi connectivity index (χ0n) is 12.2. The maximum absolute atomic E-state index is 3.56.